The maximum Gasteiger partial charge on any atom is 0.252 e. The van der Waals surface area contributed by atoms with Crippen LogP contribution < -0.4 is 26.2 Å². The van der Waals surface area contributed by atoms with Gasteiger partial charge in [-0.3, -0.25) is 0 Å². The molecule has 0 spiro atoms. The maximum absolute atomic E-state index is 10.0. The molecule has 424 valence electrons. The number of rotatable bonds is 8. The quantitative estimate of drug-likeness (QED) is 0.140. The Balaban J connectivity index is 1.40. The van der Waals surface area contributed by atoms with E-state index in [2.05, 4.69) is 6.07 Å². The lowest BCUT2D eigenvalue weighted by atomic mass is 9.33. The van der Waals surface area contributed by atoms with Crippen LogP contribution in [-0.2, 0) is 21.7 Å². The van der Waals surface area contributed by atoms with Gasteiger partial charge < -0.3 is 9.80 Å². The Kier molecular flexibility index (Phi) is 8.78. The normalized spacial score (nSPS) is 17.0. The van der Waals surface area contributed by atoms with E-state index in [1.165, 1.54) is 0 Å². The molecule has 0 saturated heterocycles. The molecule has 11 aromatic rings. The summed E-state index contributed by atoms with van der Waals surface area (Å²) in [5.41, 5.74) is 1.45. The van der Waals surface area contributed by atoms with E-state index in [1.54, 1.807) is 71.6 Å². The van der Waals surface area contributed by atoms with Crippen molar-refractivity contribution in [3.05, 3.63) is 270 Å². The van der Waals surface area contributed by atoms with Crippen LogP contribution in [0.3, 0.4) is 0 Å². The average Bonchev–Trinajstić information content (AvgIpc) is 0.678. The number of anilines is 6. The molecular weight excluding hydrogens is 1040 g/mol. The predicted octanol–water partition coefficient (Wildman–Crippen LogP) is 21.3. The fraction of sp³-hybridized carbons (Fsp3) is 0.205. The zero-order valence-electron chi connectivity index (χ0n) is 73.5. The first-order valence-electron chi connectivity index (χ1n) is 40.6. The van der Waals surface area contributed by atoms with Crippen LogP contribution in [0, 0.1) is 6.85 Å². The van der Waals surface area contributed by atoms with E-state index in [9.17, 15) is 26.0 Å². The molecule has 0 amide bonds. The van der Waals surface area contributed by atoms with Crippen LogP contribution in [-0.4, -0.2) is 6.71 Å². The van der Waals surface area contributed by atoms with Crippen LogP contribution in [0.15, 0.2) is 242 Å². The second-order valence-corrected chi connectivity index (χ2v) is 26.5. The third-order valence-electron chi connectivity index (χ3n) is 16.7. The Labute approximate surface area is 545 Å². The summed E-state index contributed by atoms with van der Waals surface area (Å²) in [5, 5.41) is 0. The summed E-state index contributed by atoms with van der Waals surface area (Å²) >= 11 is 0. The Bertz CT molecular complexity index is 5090. The van der Waals surface area contributed by atoms with Gasteiger partial charge in [0.15, 0.2) is 0 Å². The average molecular weight is 1140 g/mol. The Morgan fingerprint density at radius 3 is 1.01 bits per heavy atom. The highest BCUT2D eigenvalue weighted by atomic mass is 15.2. The highest BCUT2D eigenvalue weighted by Gasteiger charge is 2.47. The largest absolute Gasteiger partial charge is 0.310 e. The smallest absolute Gasteiger partial charge is 0.252 e. The van der Waals surface area contributed by atoms with Gasteiger partial charge >= 0.3 is 0 Å². The van der Waals surface area contributed by atoms with Crippen molar-refractivity contribution in [2.24, 2.45) is 0 Å². The number of hydrogen-bond acceptors (Lipinski definition) is 2. The highest BCUT2D eigenvalue weighted by Crippen LogP contribution is 2.56. The predicted molar refractivity (Wildman–Crippen MR) is 373 cm³/mol. The summed E-state index contributed by atoms with van der Waals surface area (Å²) in [5.74, 6) is 0. The third kappa shape index (κ3) is 9.99. The summed E-state index contributed by atoms with van der Waals surface area (Å²) in [6.07, 6.45) is 0. The van der Waals surface area contributed by atoms with Crippen molar-refractivity contribution in [1.82, 2.24) is 0 Å². The fourth-order valence-electron chi connectivity index (χ4n) is 12.3. The van der Waals surface area contributed by atoms with Crippen molar-refractivity contribution in [3.8, 4) is 66.8 Å². The zero-order chi connectivity index (χ0) is 79.9. The van der Waals surface area contributed by atoms with Crippen LogP contribution in [0.25, 0.3) is 66.8 Å². The first-order chi connectivity index (χ1) is 50.6. The van der Waals surface area contributed by atoms with Crippen molar-refractivity contribution in [1.29, 1.82) is 0 Å². The van der Waals surface area contributed by atoms with Crippen LogP contribution in [0.5, 0.6) is 0 Å². The highest BCUT2D eigenvalue weighted by molar-refractivity contribution is 7.00. The summed E-state index contributed by atoms with van der Waals surface area (Å²) in [7, 11) is 0. The van der Waals surface area contributed by atoms with Gasteiger partial charge in [-0.2, -0.15) is 0 Å². The van der Waals surface area contributed by atoms with Crippen LogP contribution in [0.2, 0.25) is 0 Å². The second-order valence-electron chi connectivity index (χ2n) is 26.5. The minimum absolute atomic E-state index is 0.000388. The zero-order valence-corrected chi connectivity index (χ0v) is 50.5. The van der Waals surface area contributed by atoms with Gasteiger partial charge in [-0.15, -0.1) is 0 Å². The van der Waals surface area contributed by atoms with Crippen LogP contribution in [0.4, 0.5) is 34.1 Å². The molecule has 86 heavy (non-hydrogen) atoms. The number of nitrogens with zero attached hydrogens (tertiary/aromatic N) is 2. The van der Waals surface area contributed by atoms with Crippen molar-refractivity contribution in [2.45, 2.75) is 112 Å². The van der Waals surface area contributed by atoms with Gasteiger partial charge in [0.1, 0.15) is 0 Å². The molecule has 0 fully saturated rings. The molecular formula is C83H79BN2. The monoisotopic (exact) mass is 1140 g/mol. The molecule has 2 heterocycles. The lowest BCUT2D eigenvalue weighted by molar-refractivity contribution is 0.590. The van der Waals surface area contributed by atoms with Gasteiger partial charge in [-0.05, 0) is 166 Å². The molecule has 0 unspecified atom stereocenters. The molecule has 2 aliphatic heterocycles. The SMILES string of the molecule is [2H]c1c([2H])c([2H])c(-c2cc(C(C)(C)C)cc(-c3c([2H])c([2H])c([2H])c([2H])c3[2H])c2N2c3cc(C([2H])([2H])[2H])c(-c4ccccc4)cc3B3c4cc(-c5ccccc5)c(C(C)(C)C)cc4N(c4c(-c5c([2H])c([2H])c([2H])c([2H])c5[2H])cc(C(C)(C)C)cc4-c4c([2H])c([2H])c([2H])c([2H])c4[2H])c4cc(C(C)(C)C)cc2c43)c([2H])c1[2H]. The number of aryl methyl sites for hydroxylation is 1. The molecule has 0 aromatic heterocycles. The molecule has 13 rings (SSSR count). The number of benzene rings is 11. The van der Waals surface area contributed by atoms with Gasteiger partial charge in [-0.25, -0.2) is 0 Å². The summed E-state index contributed by atoms with van der Waals surface area (Å²) in [6, 6.07) is 22.9. The summed E-state index contributed by atoms with van der Waals surface area (Å²) < 4.78 is 220. The summed E-state index contributed by atoms with van der Waals surface area (Å²) in [4.78, 5) is 3.58. The van der Waals surface area contributed by atoms with Gasteiger partial charge in [0.05, 0.1) is 38.8 Å². The molecule has 3 heteroatoms. The molecule has 0 aliphatic carbocycles. The molecule has 2 nitrogen and oxygen atoms in total. The van der Waals surface area contributed by atoms with Crippen molar-refractivity contribution in [3.63, 3.8) is 0 Å². The molecule has 0 radical (unpaired) electrons. The standard InChI is InChI=1S/C83H79BN2/c1-54-44-73-71(51-64(54)55-32-20-14-21-33-55)84-72-52-65(56-34-22-15-23-35-56)70(83(11,12)13)53-74(72)86(79-68(59-40-28-18-29-41-59)47-62(81(5,6)7)48-69(79)60-42-30-19-31-43-60)76-50-63(82(8,9)10)49-75(77(76)84)85(73)78-66(57-36-24-16-25-37-57)45-61(80(2,3)4)46-67(78)58-38-26-17-27-39-58/h14-53H,1-13H3/i1D3,16D,17D,18D,19D,24D,25D,26D,27D,28D,29D,30D,31D,36D,37D,38D,39D,40D,41D,42D,43D. The Morgan fingerprint density at radius 2 is 0.663 bits per heavy atom. The van der Waals surface area contributed by atoms with Gasteiger partial charge in [0.25, 0.3) is 6.71 Å². The molecule has 0 saturated carbocycles. The summed E-state index contributed by atoms with van der Waals surface area (Å²) in [6.45, 7) is 19.3. The first-order valence-corrected chi connectivity index (χ1v) is 29.1. The molecule has 11 aromatic carbocycles. The van der Waals surface area contributed by atoms with Crippen molar-refractivity contribution in [2.75, 3.05) is 9.80 Å². The molecule has 0 atom stereocenters. The van der Waals surface area contributed by atoms with E-state index in [4.69, 9.17) is 5.48 Å². The molecule has 2 aliphatic rings. The van der Waals surface area contributed by atoms with Gasteiger partial charge in [0.2, 0.25) is 0 Å². The van der Waals surface area contributed by atoms with Crippen molar-refractivity contribution < 1.29 is 31.5 Å². The molecule has 0 bridgehead atoms. The van der Waals surface area contributed by atoms with Crippen LogP contribution >= 0.6 is 0 Å². The van der Waals surface area contributed by atoms with Gasteiger partial charge in [-0.1, -0.05) is 277 Å². The minimum atomic E-state index is -2.94. The maximum atomic E-state index is 10.0. The molecule has 0 N–H and O–H groups in total. The second kappa shape index (κ2) is 21.2. The van der Waals surface area contributed by atoms with Crippen molar-refractivity contribution >= 4 is 57.2 Å². The van der Waals surface area contributed by atoms with E-state index in [0.717, 1.165) is 16.7 Å². The topological polar surface area (TPSA) is 6.48 Å². The van der Waals surface area contributed by atoms with E-state index in [1.807, 2.05) is 137 Å². The number of fused-ring (bicyclic) bond motifs is 4. The van der Waals surface area contributed by atoms with Crippen LogP contribution in [0.1, 0.15) is 142 Å². The Morgan fingerprint density at radius 1 is 0.326 bits per heavy atom. The van der Waals surface area contributed by atoms with E-state index < -0.39 is 156 Å². The minimum Gasteiger partial charge on any atom is -0.310 e. The lowest BCUT2D eigenvalue weighted by Crippen LogP contribution is -2.61. The Hall–Kier alpha value is -8.92. The number of hydrogen-bond donors (Lipinski definition) is 0. The van der Waals surface area contributed by atoms with Gasteiger partial charge in [0, 0.05) is 49.1 Å². The fourth-order valence-corrected chi connectivity index (χ4v) is 12.3. The third-order valence-corrected chi connectivity index (χ3v) is 16.7. The van der Waals surface area contributed by atoms with E-state index in [-0.39, 0.29) is 84.1 Å². The lowest BCUT2D eigenvalue weighted by Gasteiger charge is -2.47. The first kappa shape index (κ1) is 35.5. The van der Waals surface area contributed by atoms with E-state index >= 15 is 0 Å². The van der Waals surface area contributed by atoms with E-state index in [0.29, 0.717) is 44.3 Å².